The van der Waals surface area contributed by atoms with Crippen molar-refractivity contribution >= 4 is 17.8 Å². The largest absolute Gasteiger partial charge is 0.461 e. The van der Waals surface area contributed by atoms with Gasteiger partial charge in [-0.05, 0) is 58.2 Å². The molecule has 0 aromatic carbocycles. The molecule has 1 aromatic rings. The monoisotopic (exact) mass is 475 g/mol. The Hall–Kier alpha value is -2.39. The zero-order chi connectivity index (χ0) is 24.7. The summed E-state index contributed by atoms with van der Waals surface area (Å²) in [6.07, 6.45) is 2.39. The first kappa shape index (κ1) is 26.2. The van der Waals surface area contributed by atoms with Gasteiger partial charge in [0.25, 0.3) is 0 Å². The summed E-state index contributed by atoms with van der Waals surface area (Å²) >= 11 is 0. The fourth-order valence-electron chi connectivity index (χ4n) is 4.91. The molecule has 2 amide bonds. The van der Waals surface area contributed by atoms with E-state index >= 15 is 0 Å². The molecule has 34 heavy (non-hydrogen) atoms. The highest BCUT2D eigenvalue weighted by Crippen LogP contribution is 2.22. The summed E-state index contributed by atoms with van der Waals surface area (Å²) in [6.45, 7) is 13.0. The number of piperazine rings is 1. The number of aryl methyl sites for hydroxylation is 1. The van der Waals surface area contributed by atoms with Crippen molar-refractivity contribution in [3.8, 4) is 0 Å². The molecule has 0 radical (unpaired) electrons. The summed E-state index contributed by atoms with van der Waals surface area (Å²) < 4.78 is 5.10. The number of esters is 1. The standard InChI is InChI=1S/C25H41N5O4/c1-5-34-25(33)23-18(2)21(19(3)27-23)6-7-22(31)30-11-8-20(9-12-30)24(32)26-10-13-29-16-14-28(4)15-17-29/h20,27H,5-17H2,1-4H3,(H,26,32). The molecule has 2 saturated heterocycles. The van der Waals surface area contributed by atoms with Crippen LogP contribution in [0.2, 0.25) is 0 Å². The van der Waals surface area contributed by atoms with E-state index in [0.29, 0.717) is 57.6 Å². The van der Waals surface area contributed by atoms with Gasteiger partial charge in [-0.1, -0.05) is 0 Å². The number of likely N-dealkylation sites (tertiary alicyclic amines) is 1. The molecule has 0 bridgehead atoms. The number of piperidine rings is 1. The van der Waals surface area contributed by atoms with Crippen molar-refractivity contribution < 1.29 is 19.1 Å². The van der Waals surface area contributed by atoms with Crippen LogP contribution in [-0.4, -0.2) is 103 Å². The van der Waals surface area contributed by atoms with Gasteiger partial charge in [-0.15, -0.1) is 0 Å². The molecule has 2 N–H and O–H groups in total. The third-order valence-electron chi connectivity index (χ3n) is 7.20. The van der Waals surface area contributed by atoms with Gasteiger partial charge in [-0.3, -0.25) is 14.5 Å². The van der Waals surface area contributed by atoms with Crippen LogP contribution in [0, 0.1) is 19.8 Å². The molecular weight excluding hydrogens is 434 g/mol. The van der Waals surface area contributed by atoms with E-state index in [-0.39, 0.29) is 23.7 Å². The van der Waals surface area contributed by atoms with Gasteiger partial charge in [0.1, 0.15) is 5.69 Å². The van der Waals surface area contributed by atoms with Crippen LogP contribution in [0.1, 0.15) is 53.5 Å². The molecule has 0 aliphatic carbocycles. The highest BCUT2D eigenvalue weighted by Gasteiger charge is 2.28. The first-order valence-electron chi connectivity index (χ1n) is 12.6. The number of aromatic nitrogens is 1. The van der Waals surface area contributed by atoms with E-state index in [1.165, 1.54) is 0 Å². The number of carbonyl (C=O) groups excluding carboxylic acids is 3. The van der Waals surface area contributed by atoms with Crippen molar-refractivity contribution in [2.45, 2.75) is 46.5 Å². The van der Waals surface area contributed by atoms with E-state index in [1.54, 1.807) is 6.92 Å². The zero-order valence-corrected chi connectivity index (χ0v) is 21.2. The Morgan fingerprint density at radius 3 is 2.38 bits per heavy atom. The van der Waals surface area contributed by atoms with Crippen molar-refractivity contribution in [1.29, 1.82) is 0 Å². The third-order valence-corrected chi connectivity index (χ3v) is 7.20. The Morgan fingerprint density at radius 2 is 1.74 bits per heavy atom. The molecule has 0 unspecified atom stereocenters. The summed E-state index contributed by atoms with van der Waals surface area (Å²) in [5, 5.41) is 3.10. The van der Waals surface area contributed by atoms with E-state index in [0.717, 1.165) is 49.5 Å². The first-order valence-corrected chi connectivity index (χ1v) is 12.6. The quantitative estimate of drug-likeness (QED) is 0.523. The Bertz CT molecular complexity index is 852. The maximum Gasteiger partial charge on any atom is 0.355 e. The van der Waals surface area contributed by atoms with Crippen LogP contribution in [0.25, 0.3) is 0 Å². The first-order chi connectivity index (χ1) is 16.3. The predicted octanol–water partition coefficient (Wildman–Crippen LogP) is 1.34. The van der Waals surface area contributed by atoms with Crippen molar-refractivity contribution in [3.63, 3.8) is 0 Å². The molecule has 2 aliphatic heterocycles. The number of ether oxygens (including phenoxy) is 1. The normalized spacial score (nSPS) is 18.2. The van der Waals surface area contributed by atoms with Gasteiger partial charge in [0.05, 0.1) is 6.61 Å². The van der Waals surface area contributed by atoms with Gasteiger partial charge in [0.15, 0.2) is 0 Å². The maximum atomic E-state index is 12.8. The second kappa shape index (κ2) is 12.4. The molecule has 190 valence electrons. The van der Waals surface area contributed by atoms with Crippen molar-refractivity contribution in [2.24, 2.45) is 5.92 Å². The fraction of sp³-hybridized carbons (Fsp3) is 0.720. The van der Waals surface area contributed by atoms with Crippen LogP contribution in [0.3, 0.4) is 0 Å². The third kappa shape index (κ3) is 6.82. The number of rotatable bonds is 9. The summed E-state index contributed by atoms with van der Waals surface area (Å²) in [5.41, 5.74) is 3.24. The number of hydrogen-bond donors (Lipinski definition) is 2. The molecule has 9 nitrogen and oxygen atoms in total. The number of aromatic amines is 1. The fourth-order valence-corrected chi connectivity index (χ4v) is 4.91. The summed E-state index contributed by atoms with van der Waals surface area (Å²) in [5.74, 6) is -0.153. The molecule has 9 heteroatoms. The summed E-state index contributed by atoms with van der Waals surface area (Å²) in [6, 6.07) is 0. The van der Waals surface area contributed by atoms with E-state index in [2.05, 4.69) is 27.1 Å². The minimum Gasteiger partial charge on any atom is -0.461 e. The minimum atomic E-state index is -0.357. The van der Waals surface area contributed by atoms with Crippen LogP contribution < -0.4 is 5.32 Å². The van der Waals surface area contributed by atoms with Crippen LogP contribution in [0.4, 0.5) is 0 Å². The average molecular weight is 476 g/mol. The summed E-state index contributed by atoms with van der Waals surface area (Å²) in [7, 11) is 2.14. The maximum absolute atomic E-state index is 12.8. The number of amides is 2. The molecule has 0 saturated carbocycles. The van der Waals surface area contributed by atoms with Crippen LogP contribution >= 0.6 is 0 Å². The molecule has 2 fully saturated rings. The van der Waals surface area contributed by atoms with Crippen LogP contribution in [-0.2, 0) is 20.7 Å². The number of carbonyl (C=O) groups is 3. The molecule has 2 aliphatic rings. The van der Waals surface area contributed by atoms with E-state index in [1.807, 2.05) is 18.7 Å². The topological polar surface area (TPSA) is 98.0 Å². The molecular formula is C25H41N5O4. The lowest BCUT2D eigenvalue weighted by molar-refractivity contribution is -0.135. The Balaban J connectivity index is 1.38. The number of nitrogens with one attached hydrogen (secondary N) is 2. The second-order valence-corrected chi connectivity index (χ2v) is 9.54. The van der Waals surface area contributed by atoms with Gasteiger partial charge in [-0.25, -0.2) is 4.79 Å². The summed E-state index contributed by atoms with van der Waals surface area (Å²) in [4.78, 5) is 47.2. The number of H-pyrrole nitrogens is 1. The molecule has 3 heterocycles. The predicted molar refractivity (Wildman–Crippen MR) is 131 cm³/mol. The second-order valence-electron chi connectivity index (χ2n) is 9.54. The van der Waals surface area contributed by atoms with Crippen LogP contribution in [0.5, 0.6) is 0 Å². The smallest absolute Gasteiger partial charge is 0.355 e. The number of likely N-dealkylation sites (N-methyl/N-ethyl adjacent to an activating group) is 1. The molecule has 3 rings (SSSR count). The van der Waals surface area contributed by atoms with Gasteiger partial charge < -0.3 is 24.8 Å². The van der Waals surface area contributed by atoms with Crippen molar-refractivity contribution in [2.75, 3.05) is 66.0 Å². The average Bonchev–Trinajstić information content (AvgIpc) is 3.12. The van der Waals surface area contributed by atoms with Gasteiger partial charge in [0, 0.05) is 70.4 Å². The lowest BCUT2D eigenvalue weighted by Crippen LogP contribution is -2.48. The van der Waals surface area contributed by atoms with E-state index in [4.69, 9.17) is 4.74 Å². The lowest BCUT2D eigenvalue weighted by atomic mass is 9.95. The minimum absolute atomic E-state index is 0.0159. The van der Waals surface area contributed by atoms with E-state index in [9.17, 15) is 14.4 Å². The van der Waals surface area contributed by atoms with Crippen molar-refractivity contribution in [1.82, 2.24) is 25.0 Å². The molecule has 0 atom stereocenters. The van der Waals surface area contributed by atoms with Gasteiger partial charge in [-0.2, -0.15) is 0 Å². The van der Waals surface area contributed by atoms with Crippen LogP contribution in [0.15, 0.2) is 0 Å². The van der Waals surface area contributed by atoms with Gasteiger partial charge >= 0.3 is 5.97 Å². The van der Waals surface area contributed by atoms with Gasteiger partial charge in [0.2, 0.25) is 11.8 Å². The highest BCUT2D eigenvalue weighted by atomic mass is 16.5. The molecule has 0 spiro atoms. The Labute approximate surface area is 203 Å². The lowest BCUT2D eigenvalue weighted by Gasteiger charge is -2.33. The molecule has 1 aromatic heterocycles. The SMILES string of the molecule is CCOC(=O)c1[nH]c(C)c(CCC(=O)N2CCC(C(=O)NCCN3CCN(C)CC3)CC2)c1C. The number of hydrogen-bond acceptors (Lipinski definition) is 6. The number of nitrogens with zero attached hydrogens (tertiary/aromatic N) is 3. The van der Waals surface area contributed by atoms with Crippen molar-refractivity contribution in [3.05, 3.63) is 22.5 Å². The zero-order valence-electron chi connectivity index (χ0n) is 21.2. The van der Waals surface area contributed by atoms with E-state index < -0.39 is 0 Å². The Morgan fingerprint density at radius 1 is 1.06 bits per heavy atom. The Kier molecular flexibility index (Phi) is 9.53. The highest BCUT2D eigenvalue weighted by molar-refractivity contribution is 5.90.